The summed E-state index contributed by atoms with van der Waals surface area (Å²) >= 11 is 12.6. The number of likely N-dealkylation sites (N-methyl/N-ethyl adjacent to an activating group) is 1. The van der Waals surface area contributed by atoms with Crippen LogP contribution in [0.2, 0.25) is 9.36 Å². The lowest BCUT2D eigenvalue weighted by Crippen LogP contribution is -2.35. The SMILES string of the molecule is CN(CC(=O)Nc1ccnn1Cc1ccc(Cl)cc1)S(=O)(=O)c1ccc(Cl)s1. The van der Waals surface area contributed by atoms with Crippen LogP contribution >= 0.6 is 34.5 Å². The number of amides is 1. The van der Waals surface area contributed by atoms with E-state index in [0.29, 0.717) is 21.7 Å². The number of hydrogen-bond donors (Lipinski definition) is 1. The Labute approximate surface area is 176 Å². The molecule has 0 atom stereocenters. The number of aromatic nitrogens is 2. The number of nitrogens with zero attached hydrogens (tertiary/aromatic N) is 3. The molecule has 0 unspecified atom stereocenters. The van der Waals surface area contributed by atoms with E-state index in [0.717, 1.165) is 21.2 Å². The normalized spacial score (nSPS) is 11.7. The second kappa shape index (κ2) is 8.62. The number of carbonyl (C=O) groups is 1. The second-order valence-corrected chi connectivity index (χ2v) is 10.3. The van der Waals surface area contributed by atoms with E-state index < -0.39 is 15.9 Å². The minimum Gasteiger partial charge on any atom is -0.310 e. The van der Waals surface area contributed by atoms with Gasteiger partial charge in [0, 0.05) is 18.1 Å². The van der Waals surface area contributed by atoms with E-state index in [-0.39, 0.29) is 10.8 Å². The molecule has 1 amide bonds. The first kappa shape index (κ1) is 20.8. The molecule has 0 saturated carbocycles. The van der Waals surface area contributed by atoms with Crippen LogP contribution in [-0.4, -0.2) is 42.0 Å². The van der Waals surface area contributed by atoms with Crippen LogP contribution in [0.5, 0.6) is 0 Å². The Morgan fingerprint density at radius 2 is 1.89 bits per heavy atom. The molecule has 0 saturated heterocycles. The highest BCUT2D eigenvalue weighted by molar-refractivity contribution is 7.91. The number of halogens is 2. The molecule has 0 bridgehead atoms. The Balaban J connectivity index is 1.65. The molecule has 0 fully saturated rings. The van der Waals surface area contributed by atoms with Crippen molar-refractivity contribution < 1.29 is 13.2 Å². The molecule has 2 heterocycles. The van der Waals surface area contributed by atoms with Gasteiger partial charge < -0.3 is 5.32 Å². The van der Waals surface area contributed by atoms with Crippen LogP contribution in [0.4, 0.5) is 5.82 Å². The van der Waals surface area contributed by atoms with Crippen LogP contribution in [0.1, 0.15) is 5.56 Å². The Morgan fingerprint density at radius 3 is 2.54 bits per heavy atom. The summed E-state index contributed by atoms with van der Waals surface area (Å²) in [6.45, 7) is 0.0889. The van der Waals surface area contributed by atoms with Crippen molar-refractivity contribution in [2.24, 2.45) is 0 Å². The minimum absolute atomic E-state index is 0.0839. The predicted octanol–water partition coefficient (Wildman–Crippen LogP) is 3.56. The lowest BCUT2D eigenvalue weighted by molar-refractivity contribution is -0.116. The third-order valence-corrected chi connectivity index (χ3v) is 7.56. The molecule has 1 N–H and O–H groups in total. The molecule has 7 nitrogen and oxygen atoms in total. The average molecular weight is 459 g/mol. The van der Waals surface area contributed by atoms with Crippen molar-refractivity contribution in [3.05, 3.63) is 63.6 Å². The molecule has 3 rings (SSSR count). The van der Waals surface area contributed by atoms with Crippen molar-refractivity contribution in [1.82, 2.24) is 14.1 Å². The summed E-state index contributed by atoms with van der Waals surface area (Å²) in [7, 11) is -2.44. The van der Waals surface area contributed by atoms with E-state index in [1.54, 1.807) is 29.1 Å². The highest BCUT2D eigenvalue weighted by Crippen LogP contribution is 2.27. The summed E-state index contributed by atoms with van der Waals surface area (Å²) in [5.74, 6) is -0.0171. The molecule has 28 heavy (non-hydrogen) atoms. The minimum atomic E-state index is -3.78. The Morgan fingerprint density at radius 1 is 1.18 bits per heavy atom. The van der Waals surface area contributed by atoms with Crippen molar-refractivity contribution in [3.8, 4) is 0 Å². The number of anilines is 1. The van der Waals surface area contributed by atoms with Crippen molar-refractivity contribution >= 4 is 56.3 Å². The largest absolute Gasteiger partial charge is 0.310 e. The van der Waals surface area contributed by atoms with Gasteiger partial charge in [-0.1, -0.05) is 35.3 Å². The van der Waals surface area contributed by atoms with Gasteiger partial charge in [-0.3, -0.25) is 4.79 Å². The molecule has 0 spiro atoms. The predicted molar refractivity (Wildman–Crippen MR) is 111 cm³/mol. The Kier molecular flexibility index (Phi) is 6.41. The second-order valence-electron chi connectivity index (χ2n) is 5.87. The maximum absolute atomic E-state index is 12.5. The molecule has 2 aromatic heterocycles. The van der Waals surface area contributed by atoms with Gasteiger partial charge in [0.15, 0.2) is 0 Å². The number of hydrogen-bond acceptors (Lipinski definition) is 5. The van der Waals surface area contributed by atoms with Crippen molar-refractivity contribution in [2.45, 2.75) is 10.8 Å². The van der Waals surface area contributed by atoms with Crippen molar-refractivity contribution in [2.75, 3.05) is 18.9 Å². The highest BCUT2D eigenvalue weighted by Gasteiger charge is 2.25. The molecular formula is C17H16Cl2N4O3S2. The van der Waals surface area contributed by atoms with E-state index in [2.05, 4.69) is 10.4 Å². The zero-order chi connectivity index (χ0) is 20.3. The maximum Gasteiger partial charge on any atom is 0.252 e. The first-order valence-electron chi connectivity index (χ1n) is 8.03. The van der Waals surface area contributed by atoms with Crippen LogP contribution in [0.25, 0.3) is 0 Å². The van der Waals surface area contributed by atoms with E-state index in [1.165, 1.54) is 19.2 Å². The average Bonchev–Trinajstić information content (AvgIpc) is 3.26. The van der Waals surface area contributed by atoms with E-state index in [4.69, 9.17) is 23.2 Å². The van der Waals surface area contributed by atoms with Gasteiger partial charge in [-0.15, -0.1) is 11.3 Å². The van der Waals surface area contributed by atoms with E-state index in [9.17, 15) is 13.2 Å². The summed E-state index contributed by atoms with van der Waals surface area (Å²) in [4.78, 5) is 12.4. The standard InChI is InChI=1S/C17H16Cl2N4O3S2/c1-22(28(25,26)17-7-6-14(19)27-17)11-16(24)21-15-8-9-20-23(15)10-12-2-4-13(18)5-3-12/h2-9H,10-11H2,1H3,(H,21,24). The molecule has 148 valence electrons. The fourth-order valence-corrected chi connectivity index (χ4v) is 5.33. The van der Waals surface area contributed by atoms with Gasteiger partial charge in [-0.2, -0.15) is 9.40 Å². The monoisotopic (exact) mass is 458 g/mol. The van der Waals surface area contributed by atoms with Gasteiger partial charge in [-0.25, -0.2) is 13.1 Å². The lowest BCUT2D eigenvalue weighted by atomic mass is 10.2. The van der Waals surface area contributed by atoms with E-state index >= 15 is 0 Å². The fraction of sp³-hybridized carbons (Fsp3) is 0.176. The van der Waals surface area contributed by atoms with E-state index in [1.807, 2.05) is 12.1 Å². The highest BCUT2D eigenvalue weighted by atomic mass is 35.5. The van der Waals surface area contributed by atoms with Crippen LogP contribution in [0.3, 0.4) is 0 Å². The molecule has 0 aliphatic heterocycles. The number of nitrogens with one attached hydrogen (secondary N) is 1. The summed E-state index contributed by atoms with van der Waals surface area (Å²) < 4.78 is 28.0. The van der Waals surface area contributed by atoms with Crippen LogP contribution in [0, 0.1) is 0 Å². The number of benzene rings is 1. The zero-order valence-electron chi connectivity index (χ0n) is 14.7. The number of sulfonamides is 1. The molecule has 1 aromatic carbocycles. The van der Waals surface area contributed by atoms with Crippen molar-refractivity contribution in [3.63, 3.8) is 0 Å². The number of rotatable bonds is 7. The summed E-state index contributed by atoms with van der Waals surface area (Å²) in [5, 5.41) is 7.51. The molecule has 0 aliphatic carbocycles. The number of carbonyl (C=O) groups excluding carboxylic acids is 1. The summed E-state index contributed by atoms with van der Waals surface area (Å²) in [5.41, 5.74) is 0.956. The fourth-order valence-electron chi connectivity index (χ4n) is 2.39. The first-order chi connectivity index (χ1) is 13.3. The molecule has 11 heteroatoms. The van der Waals surface area contributed by atoms with Gasteiger partial charge in [-0.05, 0) is 29.8 Å². The van der Waals surface area contributed by atoms with Gasteiger partial charge in [0.1, 0.15) is 10.0 Å². The van der Waals surface area contributed by atoms with Gasteiger partial charge in [0.25, 0.3) is 10.0 Å². The van der Waals surface area contributed by atoms with Gasteiger partial charge in [0.2, 0.25) is 5.91 Å². The molecule has 0 aliphatic rings. The summed E-state index contributed by atoms with van der Waals surface area (Å²) in [6, 6.07) is 11.8. The van der Waals surface area contributed by atoms with Crippen LogP contribution < -0.4 is 5.32 Å². The third kappa shape index (κ3) is 4.92. The van der Waals surface area contributed by atoms with Crippen LogP contribution in [-0.2, 0) is 21.4 Å². The Bertz CT molecular complexity index is 1080. The molecule has 0 radical (unpaired) electrons. The number of thiophene rings is 1. The smallest absolute Gasteiger partial charge is 0.252 e. The Hall–Kier alpha value is -1.91. The first-order valence-corrected chi connectivity index (χ1v) is 11.0. The van der Waals surface area contributed by atoms with Gasteiger partial charge in [0.05, 0.1) is 23.6 Å². The third-order valence-electron chi connectivity index (χ3n) is 3.81. The van der Waals surface area contributed by atoms with Gasteiger partial charge >= 0.3 is 0 Å². The summed E-state index contributed by atoms with van der Waals surface area (Å²) in [6.07, 6.45) is 1.56. The quantitative estimate of drug-likeness (QED) is 0.586. The maximum atomic E-state index is 12.5. The lowest BCUT2D eigenvalue weighted by Gasteiger charge is -2.16. The molecular weight excluding hydrogens is 443 g/mol. The topological polar surface area (TPSA) is 84.3 Å². The van der Waals surface area contributed by atoms with Crippen molar-refractivity contribution in [1.29, 1.82) is 0 Å². The molecule has 3 aromatic rings. The van der Waals surface area contributed by atoms with Crippen LogP contribution in [0.15, 0.2) is 52.9 Å². The zero-order valence-corrected chi connectivity index (χ0v) is 17.8.